The maximum atomic E-state index is 5.31. The molecule has 0 fully saturated rings. The first-order valence-corrected chi connectivity index (χ1v) is 3.82. The van der Waals surface area contributed by atoms with E-state index in [1.807, 2.05) is 29.7 Å². The Balaban J connectivity index is 2.46. The van der Waals surface area contributed by atoms with Crippen LogP contribution >= 0.6 is 0 Å². The number of fused-ring (bicyclic) bond motifs is 1. The molecule has 4 nitrogen and oxygen atoms in total. The van der Waals surface area contributed by atoms with Crippen LogP contribution in [-0.4, -0.2) is 21.2 Å². The zero-order chi connectivity index (χ0) is 8.39. The van der Waals surface area contributed by atoms with E-state index in [2.05, 4.69) is 10.2 Å². The molecule has 2 heterocycles. The average molecular weight is 163 g/mol. The Bertz CT molecular complexity index is 382. The van der Waals surface area contributed by atoms with Gasteiger partial charge in [0.15, 0.2) is 5.65 Å². The van der Waals surface area contributed by atoms with Crippen molar-refractivity contribution in [2.75, 3.05) is 6.61 Å². The fraction of sp³-hybridized carbons (Fsp3) is 0.250. The molecule has 62 valence electrons. The Morgan fingerprint density at radius 1 is 1.50 bits per heavy atom. The second kappa shape index (κ2) is 2.81. The Hall–Kier alpha value is -1.58. The molecule has 0 amide bonds. The maximum absolute atomic E-state index is 5.31. The Labute approximate surface area is 69.8 Å². The van der Waals surface area contributed by atoms with Crippen molar-refractivity contribution in [3.63, 3.8) is 0 Å². The highest BCUT2D eigenvalue weighted by Crippen LogP contribution is 2.10. The summed E-state index contributed by atoms with van der Waals surface area (Å²) in [5, 5.41) is 7.64. The molecule has 0 radical (unpaired) electrons. The molecule has 4 heteroatoms. The van der Waals surface area contributed by atoms with Crippen molar-refractivity contribution in [1.29, 1.82) is 0 Å². The van der Waals surface area contributed by atoms with E-state index >= 15 is 0 Å². The third-order valence-electron chi connectivity index (χ3n) is 1.57. The Morgan fingerprint density at radius 3 is 3.25 bits per heavy atom. The quantitative estimate of drug-likeness (QED) is 0.666. The van der Waals surface area contributed by atoms with Crippen LogP contribution in [0.5, 0.6) is 5.75 Å². The normalized spacial score (nSPS) is 10.4. The van der Waals surface area contributed by atoms with Gasteiger partial charge in [0.05, 0.1) is 12.8 Å². The standard InChI is InChI=1S/C8H9N3O/c1-2-12-7-3-4-8-10-9-6-11(8)5-7/h3-6H,2H2,1H3. The number of hydrogen-bond acceptors (Lipinski definition) is 3. The van der Waals surface area contributed by atoms with Gasteiger partial charge in [-0.1, -0.05) is 0 Å². The number of rotatable bonds is 2. The van der Waals surface area contributed by atoms with Gasteiger partial charge in [-0.3, -0.25) is 4.40 Å². The summed E-state index contributed by atoms with van der Waals surface area (Å²) < 4.78 is 7.13. The van der Waals surface area contributed by atoms with E-state index in [-0.39, 0.29) is 0 Å². The van der Waals surface area contributed by atoms with E-state index in [9.17, 15) is 0 Å². The predicted octanol–water partition coefficient (Wildman–Crippen LogP) is 1.13. The molecule has 0 spiro atoms. The molecule has 0 unspecified atom stereocenters. The van der Waals surface area contributed by atoms with Crippen molar-refractivity contribution in [1.82, 2.24) is 14.6 Å². The van der Waals surface area contributed by atoms with E-state index in [4.69, 9.17) is 4.74 Å². The summed E-state index contributed by atoms with van der Waals surface area (Å²) in [5.74, 6) is 0.838. The van der Waals surface area contributed by atoms with Gasteiger partial charge in [0.1, 0.15) is 12.1 Å². The average Bonchev–Trinajstić information content (AvgIpc) is 2.51. The van der Waals surface area contributed by atoms with E-state index < -0.39 is 0 Å². The van der Waals surface area contributed by atoms with Crippen molar-refractivity contribution in [3.8, 4) is 5.75 Å². The van der Waals surface area contributed by atoms with Crippen molar-refractivity contribution in [2.45, 2.75) is 6.92 Å². The first-order chi connectivity index (χ1) is 5.90. The summed E-state index contributed by atoms with van der Waals surface area (Å²) in [4.78, 5) is 0. The van der Waals surface area contributed by atoms with Gasteiger partial charge in [0, 0.05) is 0 Å². The van der Waals surface area contributed by atoms with E-state index in [0.29, 0.717) is 6.61 Å². The SMILES string of the molecule is CCOc1ccc2nncn2c1. The fourth-order valence-electron chi connectivity index (χ4n) is 1.06. The molecule has 2 aromatic heterocycles. The zero-order valence-electron chi connectivity index (χ0n) is 6.77. The number of hydrogen-bond donors (Lipinski definition) is 0. The van der Waals surface area contributed by atoms with Crippen LogP contribution in [0.3, 0.4) is 0 Å². The Kier molecular flexibility index (Phi) is 1.66. The predicted molar refractivity (Wildman–Crippen MR) is 44.2 cm³/mol. The van der Waals surface area contributed by atoms with Gasteiger partial charge in [0.25, 0.3) is 0 Å². The molecule has 0 saturated heterocycles. The lowest BCUT2D eigenvalue weighted by molar-refractivity contribution is 0.338. The second-order valence-electron chi connectivity index (χ2n) is 2.39. The third kappa shape index (κ3) is 1.11. The molecule has 2 rings (SSSR count). The lowest BCUT2D eigenvalue weighted by atomic mass is 10.4. The zero-order valence-corrected chi connectivity index (χ0v) is 6.77. The lowest BCUT2D eigenvalue weighted by Crippen LogP contribution is -1.93. The number of ether oxygens (including phenoxy) is 1. The lowest BCUT2D eigenvalue weighted by Gasteiger charge is -2.01. The first-order valence-electron chi connectivity index (χ1n) is 3.82. The summed E-state index contributed by atoms with van der Waals surface area (Å²) in [6, 6.07) is 3.76. The smallest absolute Gasteiger partial charge is 0.160 e. The van der Waals surface area contributed by atoms with E-state index in [0.717, 1.165) is 11.4 Å². The summed E-state index contributed by atoms with van der Waals surface area (Å²) in [5.41, 5.74) is 0.832. The minimum absolute atomic E-state index is 0.674. The van der Waals surface area contributed by atoms with Gasteiger partial charge in [0.2, 0.25) is 0 Å². The molecule has 0 aromatic carbocycles. The first kappa shape index (κ1) is 7.09. The molecular formula is C8H9N3O. The van der Waals surface area contributed by atoms with Gasteiger partial charge < -0.3 is 4.74 Å². The molecule has 0 saturated carbocycles. The molecule has 0 aliphatic heterocycles. The van der Waals surface area contributed by atoms with Crippen LogP contribution in [0.15, 0.2) is 24.7 Å². The molecule has 12 heavy (non-hydrogen) atoms. The van der Waals surface area contributed by atoms with Gasteiger partial charge in [-0.25, -0.2) is 0 Å². The second-order valence-corrected chi connectivity index (χ2v) is 2.39. The van der Waals surface area contributed by atoms with Crippen molar-refractivity contribution in [3.05, 3.63) is 24.7 Å². The molecule has 2 aromatic rings. The highest BCUT2D eigenvalue weighted by atomic mass is 16.5. The highest BCUT2D eigenvalue weighted by molar-refractivity contribution is 5.39. The van der Waals surface area contributed by atoms with E-state index in [1.165, 1.54) is 0 Å². The van der Waals surface area contributed by atoms with Crippen LogP contribution in [0.2, 0.25) is 0 Å². The van der Waals surface area contributed by atoms with Gasteiger partial charge in [-0.15, -0.1) is 10.2 Å². The summed E-state index contributed by atoms with van der Waals surface area (Å²) in [6.07, 6.45) is 3.51. The van der Waals surface area contributed by atoms with E-state index in [1.54, 1.807) is 6.33 Å². The molecule has 0 aliphatic carbocycles. The molecular weight excluding hydrogens is 154 g/mol. The van der Waals surface area contributed by atoms with Crippen molar-refractivity contribution in [2.24, 2.45) is 0 Å². The van der Waals surface area contributed by atoms with Crippen LogP contribution < -0.4 is 4.74 Å². The van der Waals surface area contributed by atoms with Crippen molar-refractivity contribution >= 4 is 5.65 Å². The van der Waals surface area contributed by atoms with Gasteiger partial charge in [-0.2, -0.15) is 0 Å². The number of nitrogens with zero attached hydrogens (tertiary/aromatic N) is 3. The van der Waals surface area contributed by atoms with Crippen LogP contribution in [-0.2, 0) is 0 Å². The number of pyridine rings is 1. The fourth-order valence-corrected chi connectivity index (χ4v) is 1.06. The molecule has 0 bridgehead atoms. The monoisotopic (exact) mass is 163 g/mol. The maximum Gasteiger partial charge on any atom is 0.160 e. The van der Waals surface area contributed by atoms with Crippen LogP contribution in [0.25, 0.3) is 5.65 Å². The van der Waals surface area contributed by atoms with Crippen LogP contribution in [0.1, 0.15) is 6.92 Å². The van der Waals surface area contributed by atoms with Crippen molar-refractivity contribution < 1.29 is 4.74 Å². The van der Waals surface area contributed by atoms with Crippen LogP contribution in [0.4, 0.5) is 0 Å². The minimum atomic E-state index is 0.674. The third-order valence-corrected chi connectivity index (χ3v) is 1.57. The molecule has 0 atom stereocenters. The topological polar surface area (TPSA) is 39.4 Å². The number of aromatic nitrogens is 3. The summed E-state index contributed by atoms with van der Waals surface area (Å²) >= 11 is 0. The molecule has 0 aliphatic rings. The minimum Gasteiger partial charge on any atom is -0.492 e. The summed E-state index contributed by atoms with van der Waals surface area (Å²) in [6.45, 7) is 2.63. The van der Waals surface area contributed by atoms with Gasteiger partial charge >= 0.3 is 0 Å². The highest BCUT2D eigenvalue weighted by Gasteiger charge is 1.96. The Morgan fingerprint density at radius 2 is 2.42 bits per heavy atom. The molecule has 0 N–H and O–H groups in total. The largest absolute Gasteiger partial charge is 0.492 e. The van der Waals surface area contributed by atoms with Gasteiger partial charge in [-0.05, 0) is 19.1 Å². The van der Waals surface area contributed by atoms with Crippen LogP contribution in [0, 0.1) is 0 Å². The summed E-state index contributed by atoms with van der Waals surface area (Å²) in [7, 11) is 0.